The Morgan fingerprint density at radius 3 is 2.70 bits per heavy atom. The summed E-state index contributed by atoms with van der Waals surface area (Å²) in [6.07, 6.45) is 0.870. The van der Waals surface area contributed by atoms with Gasteiger partial charge in [-0.25, -0.2) is 15.0 Å². The number of aromatic amines is 1. The smallest absolute Gasteiger partial charge is 0.325 e. The van der Waals surface area contributed by atoms with Gasteiger partial charge in [-0.05, 0) is 29.7 Å². The summed E-state index contributed by atoms with van der Waals surface area (Å²) >= 11 is 15.6. The fourth-order valence-electron chi connectivity index (χ4n) is 5.40. The van der Waals surface area contributed by atoms with Crippen LogP contribution in [0, 0.1) is 0 Å². The van der Waals surface area contributed by atoms with E-state index in [0.717, 1.165) is 0 Å². The molecule has 0 amide bonds. The van der Waals surface area contributed by atoms with Crippen LogP contribution in [0.1, 0.15) is 25.3 Å². The number of fused-ring (bicyclic) bond motifs is 5. The van der Waals surface area contributed by atoms with Crippen LogP contribution in [0.15, 0.2) is 29.7 Å². The van der Waals surface area contributed by atoms with Crippen molar-refractivity contribution in [2.24, 2.45) is 0 Å². The van der Waals surface area contributed by atoms with Crippen LogP contribution < -0.4 is 17.0 Å². The fourth-order valence-corrected chi connectivity index (χ4v) is 8.90. The highest BCUT2D eigenvalue weighted by atomic mass is 32.9. The number of nitrogens with zero attached hydrogens (tertiary/aromatic N) is 6. The number of nitrogens with two attached hydrogens (primary N) is 2. The molecule has 3 aliphatic heterocycles. The molecule has 0 saturated carbocycles. The monoisotopic (exact) mass is 689 g/mol. The molecule has 0 aromatic carbocycles. The summed E-state index contributed by atoms with van der Waals surface area (Å²) in [6, 6.07) is 1.79. The molecule has 2 bridgehead atoms. The van der Waals surface area contributed by atoms with E-state index in [4.69, 9.17) is 62.6 Å². The number of anilines is 2. The highest BCUT2D eigenvalue weighted by Gasteiger charge is 2.45. The van der Waals surface area contributed by atoms with Crippen LogP contribution >= 0.6 is 24.7 Å². The van der Waals surface area contributed by atoms with Crippen LogP contribution in [0.3, 0.4) is 0 Å². The van der Waals surface area contributed by atoms with Gasteiger partial charge in [-0.1, -0.05) is 12.2 Å². The van der Waals surface area contributed by atoms with Gasteiger partial charge in [0.15, 0.2) is 17.4 Å². The summed E-state index contributed by atoms with van der Waals surface area (Å²) in [5.74, 6) is 0.236. The van der Waals surface area contributed by atoms with Crippen LogP contribution in [0.4, 0.5) is 11.8 Å². The van der Waals surface area contributed by atoms with E-state index in [9.17, 15) is 9.69 Å². The maximum atomic E-state index is 12.3. The van der Waals surface area contributed by atoms with Gasteiger partial charge in [-0.2, -0.15) is 4.98 Å². The van der Waals surface area contributed by atoms with Crippen molar-refractivity contribution in [3.05, 3.63) is 35.3 Å². The molecule has 3 saturated heterocycles. The zero-order valence-corrected chi connectivity index (χ0v) is 26.2. The maximum absolute atomic E-state index is 12.3. The Morgan fingerprint density at radius 2 is 1.86 bits per heavy atom. The lowest BCUT2D eigenvalue weighted by Crippen LogP contribution is -2.29. The summed E-state index contributed by atoms with van der Waals surface area (Å²) in [7, 11) is 0. The third kappa shape index (κ3) is 5.76. The van der Waals surface area contributed by atoms with Crippen molar-refractivity contribution in [2.45, 2.75) is 49.7 Å². The van der Waals surface area contributed by atoms with Gasteiger partial charge in [0.2, 0.25) is 11.6 Å². The molecule has 230 valence electrons. The second-order valence-electron chi connectivity index (χ2n) is 10.1. The third-order valence-corrected chi connectivity index (χ3v) is 11.1. The first-order chi connectivity index (χ1) is 20.5. The van der Waals surface area contributed by atoms with E-state index < -0.39 is 54.8 Å². The van der Waals surface area contributed by atoms with Crippen LogP contribution in [-0.2, 0) is 51.2 Å². The van der Waals surface area contributed by atoms with Crippen LogP contribution in [-0.4, -0.2) is 76.6 Å². The van der Waals surface area contributed by atoms with Gasteiger partial charge in [0, 0.05) is 19.0 Å². The highest BCUT2D eigenvalue weighted by molar-refractivity contribution is 8.60. The number of imidazole rings is 1. The standard InChI is InChI=1S/C21H25N9O8P2S3/c22-16-10-1-2-29(17(10)25-7-24-16)14-4-11-13(36-14)6-33-39(32,41)37-12-3-9(5-34-40(42,43)38-11)35-20(12)30-8-26-15-18(30)27-21(23)28-19(15)31/h1-2,7-9,11-14,20H,3-6H2,(H,32,41)(H,42,43)(H2,22,24,25)(H3,23,27,28,31)/t9-,11-,12+,13+,14+,20+,39?/m0/s1. The molecule has 8 atom stereocenters. The quantitative estimate of drug-likeness (QED) is 0.149. The maximum Gasteiger partial charge on any atom is 0.325 e. The van der Waals surface area contributed by atoms with E-state index in [1.54, 1.807) is 16.8 Å². The van der Waals surface area contributed by atoms with Gasteiger partial charge in [0.1, 0.15) is 36.2 Å². The number of nitrogen functional groups attached to an aromatic ring is 2. The first-order valence-electron chi connectivity index (χ1n) is 12.9. The molecule has 0 aliphatic carbocycles. The van der Waals surface area contributed by atoms with E-state index in [1.807, 2.05) is 0 Å². The molecule has 6 N–H and O–H groups in total. The van der Waals surface area contributed by atoms with Crippen molar-refractivity contribution in [3.8, 4) is 0 Å². The molecule has 2 unspecified atom stereocenters. The third-order valence-electron chi connectivity index (χ3n) is 7.26. The Kier molecular flexibility index (Phi) is 7.64. The van der Waals surface area contributed by atoms with E-state index in [2.05, 4.69) is 37.2 Å². The minimum atomic E-state index is -3.87. The van der Waals surface area contributed by atoms with Gasteiger partial charge in [0.25, 0.3) is 5.56 Å². The van der Waals surface area contributed by atoms with Crippen molar-refractivity contribution in [3.63, 3.8) is 0 Å². The fraction of sp³-hybridized carbons (Fsp3) is 0.476. The number of nitrogens with one attached hydrogen (secondary N) is 1. The minimum absolute atomic E-state index is 0.00478. The second kappa shape index (κ2) is 11.1. The number of ether oxygens (including phenoxy) is 2. The van der Waals surface area contributed by atoms with Gasteiger partial charge < -0.3 is 48.5 Å². The minimum Gasteiger partial charge on any atom is -0.383 e. The zero-order chi connectivity index (χ0) is 30.1. The lowest BCUT2D eigenvalue weighted by Gasteiger charge is -2.27. The lowest BCUT2D eigenvalue weighted by atomic mass is 10.2. The van der Waals surface area contributed by atoms with Gasteiger partial charge >= 0.3 is 6.72 Å². The predicted molar refractivity (Wildman–Crippen MR) is 163 cm³/mol. The SMILES string of the molecule is Nc1nc2c(ncn2[C@@H]2O[C@@H]3COP(=S)(S)O[C@H]4C[C@H](n5ccc6c(N)ncnc65)O[C@@H]4COP(O)(=S)O[C@@H]2C3)c(=O)[nH]1. The summed E-state index contributed by atoms with van der Waals surface area (Å²) in [5.41, 5.74) is 8.90. The molecule has 4 aromatic rings. The number of H-pyrrole nitrogens is 1. The molecule has 17 nitrogen and oxygen atoms in total. The Bertz CT molecular complexity index is 1870. The number of hydrogen-bond donors (Lipinski definition) is 5. The Morgan fingerprint density at radius 1 is 1.02 bits per heavy atom. The number of hydrogen-bond acceptors (Lipinski definition) is 15. The van der Waals surface area contributed by atoms with Crippen molar-refractivity contribution >= 4 is 82.2 Å². The summed E-state index contributed by atoms with van der Waals surface area (Å²) < 4.78 is 39.8. The van der Waals surface area contributed by atoms with Crippen molar-refractivity contribution in [2.75, 3.05) is 24.7 Å². The van der Waals surface area contributed by atoms with Gasteiger partial charge in [0.05, 0.1) is 37.1 Å². The Labute approximate surface area is 257 Å². The molecule has 3 fully saturated rings. The molecule has 0 spiro atoms. The zero-order valence-electron chi connectivity index (χ0n) is 21.9. The number of aromatic nitrogens is 7. The van der Waals surface area contributed by atoms with Crippen molar-refractivity contribution in [1.29, 1.82) is 0 Å². The van der Waals surface area contributed by atoms with E-state index >= 15 is 0 Å². The predicted octanol–water partition coefficient (Wildman–Crippen LogP) is 1.49. The van der Waals surface area contributed by atoms with Crippen LogP contribution in [0.2, 0.25) is 0 Å². The molecule has 7 rings (SSSR count). The Hall–Kier alpha value is -2.06. The summed E-state index contributed by atoms with van der Waals surface area (Å²) in [5, 5.41) is 0.672. The van der Waals surface area contributed by atoms with E-state index in [1.165, 1.54) is 17.2 Å². The topological polar surface area (TPSA) is 222 Å². The van der Waals surface area contributed by atoms with Crippen molar-refractivity contribution < 1.29 is 32.5 Å². The average Bonchev–Trinajstić information content (AvgIpc) is 3.71. The first kappa shape index (κ1) is 29.6. The van der Waals surface area contributed by atoms with Crippen molar-refractivity contribution in [1.82, 2.24) is 34.1 Å². The average molecular weight is 690 g/mol. The lowest BCUT2D eigenvalue weighted by molar-refractivity contribution is -0.0561. The summed E-state index contributed by atoms with van der Waals surface area (Å²) in [6.45, 7) is -4.06. The summed E-state index contributed by atoms with van der Waals surface area (Å²) in [4.78, 5) is 42.6. The van der Waals surface area contributed by atoms with E-state index in [-0.39, 0.29) is 36.7 Å². The molecule has 43 heavy (non-hydrogen) atoms. The first-order valence-corrected chi connectivity index (χ1v) is 19.3. The molecule has 3 aliphatic rings. The van der Waals surface area contributed by atoms with Crippen LogP contribution in [0.5, 0.6) is 0 Å². The molecule has 0 radical (unpaired) electrons. The second-order valence-corrected chi connectivity index (χ2v) is 18.1. The molecular weight excluding hydrogens is 664 g/mol. The molecule has 22 heteroatoms. The highest BCUT2D eigenvalue weighted by Crippen LogP contribution is 2.58. The Balaban J connectivity index is 1.17. The van der Waals surface area contributed by atoms with Crippen LogP contribution in [0.25, 0.3) is 22.2 Å². The molecule has 4 aromatic heterocycles. The largest absolute Gasteiger partial charge is 0.383 e. The number of rotatable bonds is 2. The molecular formula is C21H25N9O8P2S3. The normalized spacial score (nSPS) is 35.4. The van der Waals surface area contributed by atoms with Gasteiger partial charge in [-0.3, -0.25) is 14.3 Å². The van der Waals surface area contributed by atoms with Gasteiger partial charge in [-0.15, -0.1) is 0 Å². The molecule has 7 heterocycles. The van der Waals surface area contributed by atoms with E-state index in [0.29, 0.717) is 23.3 Å². The number of thiol groups is 1.